The van der Waals surface area contributed by atoms with E-state index in [1.165, 1.54) is 0 Å². The molecule has 3 aromatic rings. The summed E-state index contributed by atoms with van der Waals surface area (Å²) < 4.78 is 1.73. The number of aromatic nitrogens is 5. The summed E-state index contributed by atoms with van der Waals surface area (Å²) in [5.74, 6) is 0. The standard InChI is InChI=1S/C10H8ClN5/c1-16-5-6(4-13-16)8-7-2-3-12-9(7)15-10(11)14-8/h2-5H,1H3,(H,12,14,15). The van der Waals surface area contributed by atoms with Gasteiger partial charge in [0.15, 0.2) is 0 Å². The largest absolute Gasteiger partial charge is 0.346 e. The number of halogens is 1. The zero-order valence-corrected chi connectivity index (χ0v) is 9.23. The molecule has 6 heteroatoms. The number of aromatic amines is 1. The van der Waals surface area contributed by atoms with Gasteiger partial charge in [0.2, 0.25) is 5.28 Å². The van der Waals surface area contributed by atoms with E-state index in [-0.39, 0.29) is 5.28 Å². The fourth-order valence-corrected chi connectivity index (χ4v) is 1.85. The highest BCUT2D eigenvalue weighted by atomic mass is 35.5. The number of nitrogens with one attached hydrogen (secondary N) is 1. The minimum Gasteiger partial charge on any atom is -0.346 e. The molecule has 0 aromatic carbocycles. The minimum absolute atomic E-state index is 0.230. The number of nitrogens with zero attached hydrogens (tertiary/aromatic N) is 4. The third-order valence-corrected chi connectivity index (χ3v) is 2.54. The number of hydrogen-bond donors (Lipinski definition) is 1. The quantitative estimate of drug-likeness (QED) is 0.654. The molecule has 5 nitrogen and oxygen atoms in total. The van der Waals surface area contributed by atoms with E-state index in [2.05, 4.69) is 20.1 Å². The molecule has 0 saturated carbocycles. The molecular formula is C10H8ClN5. The van der Waals surface area contributed by atoms with Crippen LogP contribution >= 0.6 is 11.6 Å². The Morgan fingerprint density at radius 2 is 2.25 bits per heavy atom. The number of aryl methyl sites for hydroxylation is 1. The van der Waals surface area contributed by atoms with Gasteiger partial charge in [0.05, 0.1) is 11.9 Å². The summed E-state index contributed by atoms with van der Waals surface area (Å²) in [6.07, 6.45) is 5.46. The van der Waals surface area contributed by atoms with Crippen LogP contribution in [0.3, 0.4) is 0 Å². The predicted octanol–water partition coefficient (Wildman–Crippen LogP) is 2.01. The summed E-state index contributed by atoms with van der Waals surface area (Å²) in [7, 11) is 1.86. The van der Waals surface area contributed by atoms with E-state index in [0.29, 0.717) is 0 Å². The van der Waals surface area contributed by atoms with Crippen LogP contribution in [0.15, 0.2) is 24.7 Å². The van der Waals surface area contributed by atoms with Gasteiger partial charge >= 0.3 is 0 Å². The van der Waals surface area contributed by atoms with Crippen LogP contribution in [0.4, 0.5) is 0 Å². The highest BCUT2D eigenvalue weighted by Crippen LogP contribution is 2.25. The molecule has 0 aliphatic heterocycles. The van der Waals surface area contributed by atoms with Gasteiger partial charge in [0, 0.05) is 30.4 Å². The van der Waals surface area contributed by atoms with Gasteiger partial charge in [0.1, 0.15) is 5.65 Å². The SMILES string of the molecule is Cn1cc(-c2nc(Cl)nc3[nH]ccc23)cn1. The first-order chi connectivity index (χ1) is 7.74. The zero-order valence-electron chi connectivity index (χ0n) is 8.48. The molecular weight excluding hydrogens is 226 g/mol. The molecule has 0 aliphatic carbocycles. The maximum atomic E-state index is 5.87. The first kappa shape index (κ1) is 9.35. The van der Waals surface area contributed by atoms with Gasteiger partial charge in [-0.2, -0.15) is 10.1 Å². The van der Waals surface area contributed by atoms with Crippen molar-refractivity contribution in [3.05, 3.63) is 29.9 Å². The number of H-pyrrole nitrogens is 1. The third-order valence-electron chi connectivity index (χ3n) is 2.37. The van der Waals surface area contributed by atoms with Gasteiger partial charge < -0.3 is 4.98 Å². The van der Waals surface area contributed by atoms with Crippen molar-refractivity contribution in [3.8, 4) is 11.3 Å². The lowest BCUT2D eigenvalue weighted by atomic mass is 10.2. The fourth-order valence-electron chi connectivity index (χ4n) is 1.68. The predicted molar refractivity (Wildman–Crippen MR) is 61.1 cm³/mol. The Morgan fingerprint density at radius 1 is 1.38 bits per heavy atom. The van der Waals surface area contributed by atoms with Gasteiger partial charge in [-0.25, -0.2) is 4.98 Å². The van der Waals surface area contributed by atoms with Crippen molar-refractivity contribution in [3.63, 3.8) is 0 Å². The van der Waals surface area contributed by atoms with E-state index < -0.39 is 0 Å². The van der Waals surface area contributed by atoms with Gasteiger partial charge in [-0.1, -0.05) is 0 Å². The van der Waals surface area contributed by atoms with Crippen LogP contribution in [0.25, 0.3) is 22.3 Å². The molecule has 1 N–H and O–H groups in total. The molecule has 0 radical (unpaired) electrons. The van der Waals surface area contributed by atoms with E-state index in [0.717, 1.165) is 22.3 Å². The smallest absolute Gasteiger partial charge is 0.224 e. The average molecular weight is 234 g/mol. The van der Waals surface area contributed by atoms with Crippen molar-refractivity contribution < 1.29 is 0 Å². The van der Waals surface area contributed by atoms with Crippen LogP contribution in [-0.2, 0) is 7.05 Å². The molecule has 0 fully saturated rings. The Kier molecular flexibility index (Phi) is 1.94. The highest BCUT2D eigenvalue weighted by molar-refractivity contribution is 6.28. The Bertz CT molecular complexity index is 654. The lowest BCUT2D eigenvalue weighted by Crippen LogP contribution is -1.89. The molecule has 3 heterocycles. The maximum absolute atomic E-state index is 5.87. The first-order valence-corrected chi connectivity index (χ1v) is 5.11. The molecule has 0 amide bonds. The molecule has 0 spiro atoms. The maximum Gasteiger partial charge on any atom is 0.224 e. The van der Waals surface area contributed by atoms with Crippen molar-refractivity contribution in [1.82, 2.24) is 24.7 Å². The van der Waals surface area contributed by atoms with E-state index in [4.69, 9.17) is 11.6 Å². The second kappa shape index (κ2) is 3.31. The van der Waals surface area contributed by atoms with E-state index >= 15 is 0 Å². The van der Waals surface area contributed by atoms with Crippen LogP contribution in [0.5, 0.6) is 0 Å². The van der Waals surface area contributed by atoms with Crippen LogP contribution in [0.1, 0.15) is 0 Å². The second-order valence-electron chi connectivity index (χ2n) is 3.48. The molecule has 3 aromatic heterocycles. The molecule has 16 heavy (non-hydrogen) atoms. The van der Waals surface area contributed by atoms with Gasteiger partial charge in [-0.05, 0) is 17.7 Å². The highest BCUT2D eigenvalue weighted by Gasteiger charge is 2.10. The first-order valence-electron chi connectivity index (χ1n) is 4.74. The number of hydrogen-bond acceptors (Lipinski definition) is 3. The van der Waals surface area contributed by atoms with Crippen molar-refractivity contribution in [2.24, 2.45) is 7.05 Å². The zero-order chi connectivity index (χ0) is 11.1. The van der Waals surface area contributed by atoms with E-state index in [9.17, 15) is 0 Å². The monoisotopic (exact) mass is 233 g/mol. The van der Waals surface area contributed by atoms with Gasteiger partial charge in [0.25, 0.3) is 0 Å². The molecule has 0 atom stereocenters. The molecule has 3 rings (SSSR count). The summed E-state index contributed by atoms with van der Waals surface area (Å²) in [6, 6.07) is 1.92. The lowest BCUT2D eigenvalue weighted by molar-refractivity contribution is 0.768. The summed E-state index contributed by atoms with van der Waals surface area (Å²) in [6.45, 7) is 0. The van der Waals surface area contributed by atoms with Crippen LogP contribution in [0, 0.1) is 0 Å². The van der Waals surface area contributed by atoms with E-state index in [1.54, 1.807) is 10.9 Å². The van der Waals surface area contributed by atoms with Crippen molar-refractivity contribution in [2.75, 3.05) is 0 Å². The summed E-state index contributed by atoms with van der Waals surface area (Å²) in [4.78, 5) is 11.4. The second-order valence-corrected chi connectivity index (χ2v) is 3.82. The minimum atomic E-state index is 0.230. The Balaban J connectivity index is 2.33. The molecule has 0 saturated heterocycles. The lowest BCUT2D eigenvalue weighted by Gasteiger charge is -1.99. The topological polar surface area (TPSA) is 59.4 Å². The van der Waals surface area contributed by atoms with Crippen molar-refractivity contribution in [1.29, 1.82) is 0 Å². The molecule has 0 unspecified atom stereocenters. The van der Waals surface area contributed by atoms with Crippen molar-refractivity contribution in [2.45, 2.75) is 0 Å². The summed E-state index contributed by atoms with van der Waals surface area (Å²) >= 11 is 5.87. The van der Waals surface area contributed by atoms with Gasteiger partial charge in [-0.3, -0.25) is 4.68 Å². The van der Waals surface area contributed by atoms with Crippen molar-refractivity contribution >= 4 is 22.6 Å². The van der Waals surface area contributed by atoms with Gasteiger partial charge in [-0.15, -0.1) is 0 Å². The fraction of sp³-hybridized carbons (Fsp3) is 0.100. The molecule has 0 aliphatic rings. The average Bonchev–Trinajstić information content (AvgIpc) is 2.84. The Labute approximate surface area is 96.1 Å². The molecule has 0 bridgehead atoms. The van der Waals surface area contributed by atoms with Crippen LogP contribution in [-0.4, -0.2) is 24.7 Å². The number of rotatable bonds is 1. The van der Waals surface area contributed by atoms with Crippen LogP contribution in [0.2, 0.25) is 5.28 Å². The van der Waals surface area contributed by atoms with E-state index in [1.807, 2.05) is 25.5 Å². The summed E-state index contributed by atoms with van der Waals surface area (Å²) in [5.41, 5.74) is 2.46. The Morgan fingerprint density at radius 3 is 3.00 bits per heavy atom. The third kappa shape index (κ3) is 1.37. The number of fused-ring (bicyclic) bond motifs is 1. The van der Waals surface area contributed by atoms with Crippen LogP contribution < -0.4 is 0 Å². The summed E-state index contributed by atoms with van der Waals surface area (Å²) in [5, 5.41) is 5.29. The Hall–Kier alpha value is -1.88. The normalized spacial score (nSPS) is 11.1. The molecule has 80 valence electrons.